The fourth-order valence-electron chi connectivity index (χ4n) is 1.27. The normalized spacial score (nSPS) is 13.4. The molecule has 0 saturated heterocycles. The lowest BCUT2D eigenvalue weighted by molar-refractivity contribution is 0.0715. The van der Waals surface area contributed by atoms with Crippen molar-refractivity contribution >= 4 is 0 Å². The summed E-state index contributed by atoms with van der Waals surface area (Å²) in [6.45, 7) is 9.07. The number of rotatable bonds is 10. The van der Waals surface area contributed by atoms with Crippen LogP contribution < -0.4 is 11.1 Å². The first kappa shape index (κ1) is 14.8. The molecule has 1 atom stereocenters. The number of nitrogens with two attached hydrogens (primary N) is 1. The van der Waals surface area contributed by atoms with Crippen LogP contribution in [0.5, 0.6) is 0 Å². The van der Waals surface area contributed by atoms with E-state index in [1.54, 1.807) is 7.11 Å². The van der Waals surface area contributed by atoms with Crippen molar-refractivity contribution in [2.45, 2.75) is 13.8 Å². The van der Waals surface area contributed by atoms with Crippen LogP contribution in [-0.2, 0) is 9.47 Å². The summed E-state index contributed by atoms with van der Waals surface area (Å²) in [5, 5.41) is 3.35. The topological polar surface area (TPSA) is 56.5 Å². The highest BCUT2D eigenvalue weighted by molar-refractivity contribution is 4.66. The van der Waals surface area contributed by atoms with Gasteiger partial charge >= 0.3 is 0 Å². The van der Waals surface area contributed by atoms with Crippen LogP contribution in [0.1, 0.15) is 13.8 Å². The van der Waals surface area contributed by atoms with Gasteiger partial charge in [-0.3, -0.25) is 0 Å². The molecule has 0 bridgehead atoms. The summed E-state index contributed by atoms with van der Waals surface area (Å²) in [6, 6.07) is 0. The Balaban J connectivity index is 3.22. The van der Waals surface area contributed by atoms with Crippen molar-refractivity contribution in [3.8, 4) is 0 Å². The zero-order valence-electron chi connectivity index (χ0n) is 10.3. The van der Waals surface area contributed by atoms with Crippen molar-refractivity contribution in [1.82, 2.24) is 5.32 Å². The highest BCUT2D eigenvalue weighted by Crippen LogP contribution is 2.06. The second kappa shape index (κ2) is 10.4. The Kier molecular flexibility index (Phi) is 10.3. The third kappa shape index (κ3) is 8.81. The van der Waals surface area contributed by atoms with Gasteiger partial charge in [0.1, 0.15) is 0 Å². The van der Waals surface area contributed by atoms with E-state index in [9.17, 15) is 0 Å². The maximum Gasteiger partial charge on any atom is 0.0700 e. The molecule has 0 amide bonds. The lowest BCUT2D eigenvalue weighted by Gasteiger charge is -2.19. The molecule has 0 heterocycles. The molecule has 0 rings (SSSR count). The second-order valence-electron chi connectivity index (χ2n) is 4.05. The molecule has 1 unspecified atom stereocenters. The second-order valence-corrected chi connectivity index (χ2v) is 4.05. The largest absolute Gasteiger partial charge is 0.382 e. The van der Waals surface area contributed by atoms with Crippen molar-refractivity contribution < 1.29 is 9.47 Å². The highest BCUT2D eigenvalue weighted by atomic mass is 16.5. The molecule has 3 N–H and O–H groups in total. The first-order valence-electron chi connectivity index (χ1n) is 5.69. The number of hydrogen-bond acceptors (Lipinski definition) is 4. The Hall–Kier alpha value is -0.160. The third-order valence-electron chi connectivity index (χ3n) is 2.51. The zero-order chi connectivity index (χ0) is 11.5. The molecule has 0 aliphatic rings. The van der Waals surface area contributed by atoms with E-state index in [1.165, 1.54) is 0 Å². The van der Waals surface area contributed by atoms with Gasteiger partial charge in [0.2, 0.25) is 0 Å². The van der Waals surface area contributed by atoms with Gasteiger partial charge in [-0.05, 0) is 24.9 Å². The molecule has 0 spiro atoms. The Bertz CT molecular complexity index is 132. The quantitative estimate of drug-likeness (QED) is 0.523. The Labute approximate surface area is 93.5 Å². The smallest absolute Gasteiger partial charge is 0.0700 e. The van der Waals surface area contributed by atoms with E-state index >= 15 is 0 Å². The molecule has 0 radical (unpaired) electrons. The lowest BCUT2D eigenvalue weighted by Crippen LogP contribution is -2.33. The van der Waals surface area contributed by atoms with E-state index < -0.39 is 0 Å². The monoisotopic (exact) mass is 218 g/mol. The van der Waals surface area contributed by atoms with Crippen LogP contribution in [0.4, 0.5) is 0 Å². The predicted molar refractivity (Wildman–Crippen MR) is 62.9 cm³/mol. The average molecular weight is 218 g/mol. The SMILES string of the molecule is COCCOCCNCC(CN)C(C)C. The summed E-state index contributed by atoms with van der Waals surface area (Å²) in [5.41, 5.74) is 5.67. The van der Waals surface area contributed by atoms with Crippen LogP contribution in [-0.4, -0.2) is 46.6 Å². The first-order valence-corrected chi connectivity index (χ1v) is 5.69. The van der Waals surface area contributed by atoms with Gasteiger partial charge in [0, 0.05) is 13.7 Å². The van der Waals surface area contributed by atoms with Crippen LogP contribution in [0, 0.1) is 11.8 Å². The molecule has 4 heteroatoms. The molecular formula is C11H26N2O2. The molecule has 0 aromatic heterocycles. The molecule has 15 heavy (non-hydrogen) atoms. The summed E-state index contributed by atoms with van der Waals surface area (Å²) in [5.74, 6) is 1.20. The average Bonchev–Trinajstić information content (AvgIpc) is 2.21. The summed E-state index contributed by atoms with van der Waals surface area (Å²) in [6.07, 6.45) is 0. The lowest BCUT2D eigenvalue weighted by atomic mass is 9.96. The molecular weight excluding hydrogens is 192 g/mol. The number of ether oxygens (including phenoxy) is 2. The van der Waals surface area contributed by atoms with Gasteiger partial charge in [0.25, 0.3) is 0 Å². The van der Waals surface area contributed by atoms with Crippen LogP contribution >= 0.6 is 0 Å². The van der Waals surface area contributed by atoms with Gasteiger partial charge in [0.05, 0.1) is 19.8 Å². The summed E-state index contributed by atoms with van der Waals surface area (Å²) in [4.78, 5) is 0. The van der Waals surface area contributed by atoms with E-state index in [0.29, 0.717) is 25.0 Å². The highest BCUT2D eigenvalue weighted by Gasteiger charge is 2.09. The minimum absolute atomic E-state index is 0.559. The molecule has 0 aromatic carbocycles. The molecule has 4 nitrogen and oxygen atoms in total. The van der Waals surface area contributed by atoms with E-state index in [4.69, 9.17) is 15.2 Å². The summed E-state index contributed by atoms with van der Waals surface area (Å²) < 4.78 is 10.2. The van der Waals surface area contributed by atoms with Crippen molar-refractivity contribution in [2.24, 2.45) is 17.6 Å². The van der Waals surface area contributed by atoms with Gasteiger partial charge < -0.3 is 20.5 Å². The fraction of sp³-hybridized carbons (Fsp3) is 1.00. The molecule has 0 aliphatic carbocycles. The van der Waals surface area contributed by atoms with E-state index in [1.807, 2.05) is 0 Å². The van der Waals surface area contributed by atoms with Crippen molar-refractivity contribution in [1.29, 1.82) is 0 Å². The molecule has 0 aromatic rings. The van der Waals surface area contributed by atoms with Crippen LogP contribution in [0.3, 0.4) is 0 Å². The van der Waals surface area contributed by atoms with Gasteiger partial charge in [-0.15, -0.1) is 0 Å². The summed E-state index contributed by atoms with van der Waals surface area (Å²) in [7, 11) is 1.68. The maximum absolute atomic E-state index is 5.67. The number of nitrogens with one attached hydrogen (secondary N) is 1. The zero-order valence-corrected chi connectivity index (χ0v) is 10.3. The predicted octanol–water partition coefficient (Wildman–Crippen LogP) is 0.470. The van der Waals surface area contributed by atoms with Gasteiger partial charge in [-0.1, -0.05) is 13.8 Å². The van der Waals surface area contributed by atoms with Crippen molar-refractivity contribution in [2.75, 3.05) is 46.6 Å². The minimum atomic E-state index is 0.559. The third-order valence-corrected chi connectivity index (χ3v) is 2.51. The van der Waals surface area contributed by atoms with Crippen LogP contribution in [0.15, 0.2) is 0 Å². The minimum Gasteiger partial charge on any atom is -0.382 e. The van der Waals surface area contributed by atoms with Crippen molar-refractivity contribution in [3.63, 3.8) is 0 Å². The van der Waals surface area contributed by atoms with E-state index in [0.717, 1.165) is 26.2 Å². The van der Waals surface area contributed by atoms with Crippen LogP contribution in [0.2, 0.25) is 0 Å². The Morgan fingerprint density at radius 2 is 1.93 bits per heavy atom. The van der Waals surface area contributed by atoms with Gasteiger partial charge in [0.15, 0.2) is 0 Å². The number of methoxy groups -OCH3 is 1. The van der Waals surface area contributed by atoms with E-state index in [2.05, 4.69) is 19.2 Å². The molecule has 92 valence electrons. The number of hydrogen-bond donors (Lipinski definition) is 2. The fourth-order valence-corrected chi connectivity index (χ4v) is 1.27. The van der Waals surface area contributed by atoms with Crippen molar-refractivity contribution in [3.05, 3.63) is 0 Å². The first-order chi connectivity index (χ1) is 7.22. The molecule has 0 fully saturated rings. The van der Waals surface area contributed by atoms with E-state index in [-0.39, 0.29) is 0 Å². The van der Waals surface area contributed by atoms with Gasteiger partial charge in [-0.25, -0.2) is 0 Å². The van der Waals surface area contributed by atoms with Crippen LogP contribution in [0.25, 0.3) is 0 Å². The van der Waals surface area contributed by atoms with Gasteiger partial charge in [-0.2, -0.15) is 0 Å². The Morgan fingerprint density at radius 1 is 1.20 bits per heavy atom. The maximum atomic E-state index is 5.67. The molecule has 0 aliphatic heterocycles. The molecule has 0 saturated carbocycles. The summed E-state index contributed by atoms with van der Waals surface area (Å²) >= 11 is 0. The standard InChI is InChI=1S/C11H26N2O2/c1-10(2)11(8-12)9-13-4-5-15-7-6-14-3/h10-11,13H,4-9,12H2,1-3H3. The Morgan fingerprint density at radius 3 is 2.47 bits per heavy atom.